The van der Waals surface area contributed by atoms with Gasteiger partial charge in [-0.1, -0.05) is 0 Å². The summed E-state index contributed by atoms with van der Waals surface area (Å²) in [6.45, 7) is 12.3. The van der Waals surface area contributed by atoms with Crippen molar-refractivity contribution in [1.29, 1.82) is 0 Å². The van der Waals surface area contributed by atoms with Crippen LogP contribution in [0.4, 0.5) is 0 Å². The molecule has 0 aliphatic heterocycles. The Kier molecular flexibility index (Phi) is 12.9. The van der Waals surface area contributed by atoms with Crippen LogP contribution in [0.3, 0.4) is 0 Å². The molecule has 2 N–H and O–H groups in total. The standard InChI is InChI=1S/C16H33N5O2.HI/c1-8-18-15(19-12-16(4,5)14(23)17-6)20(7)11-13(22)21(9-2)10-3;/h8-12H2,1-7H3,(H,17,23)(H,18,19);1H. The second kappa shape index (κ2) is 12.3. The van der Waals surface area contributed by atoms with Gasteiger partial charge in [0.25, 0.3) is 0 Å². The number of amides is 2. The highest BCUT2D eigenvalue weighted by molar-refractivity contribution is 14.0. The number of guanidine groups is 1. The van der Waals surface area contributed by atoms with Crippen molar-refractivity contribution in [2.45, 2.75) is 34.6 Å². The average molecular weight is 455 g/mol. The molecule has 0 aromatic rings. The third-order valence-corrected chi connectivity index (χ3v) is 3.65. The van der Waals surface area contributed by atoms with Crippen molar-refractivity contribution in [1.82, 2.24) is 20.4 Å². The van der Waals surface area contributed by atoms with Crippen molar-refractivity contribution in [3.8, 4) is 0 Å². The highest BCUT2D eigenvalue weighted by Crippen LogP contribution is 2.15. The van der Waals surface area contributed by atoms with E-state index < -0.39 is 5.41 Å². The molecule has 0 saturated heterocycles. The van der Waals surface area contributed by atoms with Gasteiger partial charge in [0.15, 0.2) is 5.96 Å². The Morgan fingerprint density at radius 2 is 1.67 bits per heavy atom. The molecule has 24 heavy (non-hydrogen) atoms. The second-order valence-electron chi connectivity index (χ2n) is 6.06. The fraction of sp³-hybridized carbons (Fsp3) is 0.812. The molecule has 0 heterocycles. The molecule has 0 atom stereocenters. The molecule has 0 aromatic heterocycles. The van der Waals surface area contributed by atoms with E-state index in [1.165, 1.54) is 0 Å². The van der Waals surface area contributed by atoms with Crippen molar-refractivity contribution < 1.29 is 9.59 Å². The van der Waals surface area contributed by atoms with E-state index in [0.717, 1.165) is 0 Å². The lowest BCUT2D eigenvalue weighted by Crippen LogP contribution is -2.46. The molecule has 0 aliphatic rings. The van der Waals surface area contributed by atoms with E-state index in [1.807, 2.05) is 41.7 Å². The smallest absolute Gasteiger partial charge is 0.242 e. The first kappa shape index (κ1) is 25.2. The van der Waals surface area contributed by atoms with E-state index in [-0.39, 0.29) is 42.3 Å². The van der Waals surface area contributed by atoms with Crippen LogP contribution in [-0.4, -0.2) is 74.4 Å². The first-order chi connectivity index (χ1) is 10.7. The fourth-order valence-electron chi connectivity index (χ4n) is 2.11. The van der Waals surface area contributed by atoms with Gasteiger partial charge in [-0.15, -0.1) is 24.0 Å². The Morgan fingerprint density at radius 3 is 2.08 bits per heavy atom. The predicted molar refractivity (Wildman–Crippen MR) is 110 cm³/mol. The molecule has 8 heteroatoms. The minimum atomic E-state index is -0.598. The zero-order chi connectivity index (χ0) is 18.0. The van der Waals surface area contributed by atoms with Crippen molar-refractivity contribution in [2.75, 3.05) is 46.8 Å². The van der Waals surface area contributed by atoms with Gasteiger partial charge < -0.3 is 20.4 Å². The van der Waals surface area contributed by atoms with E-state index in [4.69, 9.17) is 0 Å². The van der Waals surface area contributed by atoms with Gasteiger partial charge in [0.05, 0.1) is 18.5 Å². The first-order valence-corrected chi connectivity index (χ1v) is 8.22. The highest BCUT2D eigenvalue weighted by Gasteiger charge is 2.26. The summed E-state index contributed by atoms with van der Waals surface area (Å²) >= 11 is 0. The number of carbonyl (C=O) groups is 2. The SMILES string of the molecule is CCNC(=NCC(C)(C)C(=O)NC)N(C)CC(=O)N(CC)CC.I. The summed E-state index contributed by atoms with van der Waals surface area (Å²) in [6.07, 6.45) is 0. The van der Waals surface area contributed by atoms with Crippen LogP contribution in [0.5, 0.6) is 0 Å². The molecule has 7 nitrogen and oxygen atoms in total. The number of likely N-dealkylation sites (N-methyl/N-ethyl adjacent to an activating group) is 2. The molecular formula is C16H34IN5O2. The topological polar surface area (TPSA) is 77.0 Å². The van der Waals surface area contributed by atoms with Crippen LogP contribution in [0.25, 0.3) is 0 Å². The van der Waals surface area contributed by atoms with Gasteiger partial charge >= 0.3 is 0 Å². The molecule has 142 valence electrons. The third-order valence-electron chi connectivity index (χ3n) is 3.65. The summed E-state index contributed by atoms with van der Waals surface area (Å²) in [5.74, 6) is 0.637. The molecular weight excluding hydrogens is 421 g/mol. The fourth-order valence-corrected chi connectivity index (χ4v) is 2.11. The molecule has 0 unspecified atom stereocenters. The molecule has 0 rings (SSSR count). The number of hydrogen-bond acceptors (Lipinski definition) is 3. The van der Waals surface area contributed by atoms with Gasteiger partial charge in [-0.3, -0.25) is 14.6 Å². The van der Waals surface area contributed by atoms with E-state index in [9.17, 15) is 9.59 Å². The minimum Gasteiger partial charge on any atom is -0.359 e. The molecule has 0 spiro atoms. The van der Waals surface area contributed by atoms with Crippen molar-refractivity contribution >= 4 is 41.8 Å². The highest BCUT2D eigenvalue weighted by atomic mass is 127. The molecule has 0 aliphatic carbocycles. The molecule has 0 fully saturated rings. The Hall–Kier alpha value is -1.06. The average Bonchev–Trinajstić information content (AvgIpc) is 2.51. The van der Waals surface area contributed by atoms with Gasteiger partial charge in [-0.25, -0.2) is 0 Å². The van der Waals surface area contributed by atoms with Crippen molar-refractivity contribution in [3.05, 3.63) is 0 Å². The third kappa shape index (κ3) is 8.16. The Labute approximate surface area is 163 Å². The van der Waals surface area contributed by atoms with Crippen LogP contribution in [-0.2, 0) is 9.59 Å². The Morgan fingerprint density at radius 1 is 1.12 bits per heavy atom. The summed E-state index contributed by atoms with van der Waals surface area (Å²) in [5.41, 5.74) is -0.598. The van der Waals surface area contributed by atoms with Crippen LogP contribution in [0.2, 0.25) is 0 Å². The number of rotatable bonds is 8. The lowest BCUT2D eigenvalue weighted by molar-refractivity contribution is -0.131. The van der Waals surface area contributed by atoms with Crippen LogP contribution in [0.1, 0.15) is 34.6 Å². The predicted octanol–water partition coefficient (Wildman–Crippen LogP) is 1.14. The number of halogens is 1. The van der Waals surface area contributed by atoms with Gasteiger partial charge in [0.2, 0.25) is 11.8 Å². The van der Waals surface area contributed by atoms with E-state index in [1.54, 1.807) is 16.8 Å². The number of nitrogens with zero attached hydrogens (tertiary/aromatic N) is 3. The Bertz CT molecular complexity index is 423. The first-order valence-electron chi connectivity index (χ1n) is 8.22. The number of hydrogen-bond donors (Lipinski definition) is 2. The molecule has 0 radical (unpaired) electrons. The van der Waals surface area contributed by atoms with Gasteiger partial charge in [0, 0.05) is 33.7 Å². The summed E-state index contributed by atoms with van der Waals surface area (Å²) in [5, 5.41) is 5.82. The molecule has 2 amide bonds. The largest absolute Gasteiger partial charge is 0.359 e. The van der Waals surface area contributed by atoms with Crippen molar-refractivity contribution in [2.24, 2.45) is 10.4 Å². The van der Waals surface area contributed by atoms with Crippen LogP contribution in [0.15, 0.2) is 4.99 Å². The normalized spacial score (nSPS) is 11.4. The molecule has 0 saturated carbocycles. The maximum Gasteiger partial charge on any atom is 0.242 e. The van der Waals surface area contributed by atoms with Gasteiger partial charge in [0.1, 0.15) is 0 Å². The minimum absolute atomic E-state index is 0. The number of carbonyl (C=O) groups excluding carboxylic acids is 2. The maximum atomic E-state index is 12.2. The van der Waals surface area contributed by atoms with Gasteiger partial charge in [-0.05, 0) is 34.6 Å². The summed E-state index contributed by atoms with van der Waals surface area (Å²) < 4.78 is 0. The zero-order valence-electron chi connectivity index (χ0n) is 16.1. The second-order valence-corrected chi connectivity index (χ2v) is 6.06. The molecule has 0 aromatic carbocycles. The monoisotopic (exact) mass is 455 g/mol. The zero-order valence-corrected chi connectivity index (χ0v) is 18.4. The lowest BCUT2D eigenvalue weighted by atomic mass is 9.93. The summed E-state index contributed by atoms with van der Waals surface area (Å²) in [7, 11) is 3.45. The number of aliphatic imine (C=N–C) groups is 1. The van der Waals surface area contributed by atoms with Gasteiger partial charge in [-0.2, -0.15) is 0 Å². The van der Waals surface area contributed by atoms with Crippen LogP contribution < -0.4 is 10.6 Å². The van der Waals surface area contributed by atoms with E-state index in [0.29, 0.717) is 32.1 Å². The summed E-state index contributed by atoms with van der Waals surface area (Å²) in [4.78, 5) is 32.2. The summed E-state index contributed by atoms with van der Waals surface area (Å²) in [6, 6.07) is 0. The van der Waals surface area contributed by atoms with Crippen molar-refractivity contribution in [3.63, 3.8) is 0 Å². The lowest BCUT2D eigenvalue weighted by Gasteiger charge is -2.27. The van der Waals surface area contributed by atoms with E-state index in [2.05, 4.69) is 15.6 Å². The molecule has 0 bridgehead atoms. The van der Waals surface area contributed by atoms with Crippen LogP contribution >= 0.6 is 24.0 Å². The van der Waals surface area contributed by atoms with Crippen LogP contribution in [0, 0.1) is 5.41 Å². The maximum absolute atomic E-state index is 12.2. The Balaban J connectivity index is 0. The number of nitrogens with one attached hydrogen (secondary N) is 2. The van der Waals surface area contributed by atoms with E-state index >= 15 is 0 Å². The quantitative estimate of drug-likeness (QED) is 0.327.